The number of rotatable bonds is 8. The third-order valence-electron chi connectivity index (χ3n) is 4.25. The Morgan fingerprint density at radius 3 is 2.42 bits per heavy atom. The molecule has 2 aromatic carbocycles. The number of hydrogen-bond acceptors (Lipinski definition) is 3. The average molecular weight is 395 g/mol. The minimum atomic E-state index is -0.00335. The van der Waals surface area contributed by atoms with Crippen molar-refractivity contribution in [1.29, 1.82) is 0 Å². The van der Waals surface area contributed by atoms with Gasteiger partial charge in [0.15, 0.2) is 0 Å². The Morgan fingerprint density at radius 2 is 1.85 bits per heavy atom. The van der Waals surface area contributed by atoms with E-state index in [9.17, 15) is 4.79 Å². The molecule has 0 aliphatic rings. The number of nitrogens with zero attached hydrogens (tertiary/aromatic N) is 1. The van der Waals surface area contributed by atoms with Crippen LogP contribution in [-0.4, -0.2) is 38.6 Å². The number of hydrogen-bond donors (Lipinski definition) is 1. The van der Waals surface area contributed by atoms with Gasteiger partial charge in [0.2, 0.25) is 5.91 Å². The number of likely N-dealkylation sites (N-methyl/N-ethyl adjacent to an activating group) is 1. The maximum Gasteiger partial charge on any atom is 0.220 e. The lowest BCUT2D eigenvalue weighted by atomic mass is 10.1. The fourth-order valence-electron chi connectivity index (χ4n) is 2.70. The van der Waals surface area contributed by atoms with Crippen molar-refractivity contribution in [1.82, 2.24) is 10.2 Å². The smallest absolute Gasteiger partial charge is 0.220 e. The van der Waals surface area contributed by atoms with E-state index in [1.54, 1.807) is 19.2 Å². The van der Waals surface area contributed by atoms with Crippen molar-refractivity contribution in [3.8, 4) is 5.75 Å². The van der Waals surface area contributed by atoms with E-state index in [-0.39, 0.29) is 11.9 Å². The van der Waals surface area contributed by atoms with E-state index in [1.807, 2.05) is 44.4 Å². The van der Waals surface area contributed by atoms with Gasteiger partial charge in [0.05, 0.1) is 13.2 Å². The fraction of sp³-hybridized carbons (Fsp3) is 0.350. The van der Waals surface area contributed by atoms with E-state index in [0.29, 0.717) is 29.4 Å². The molecule has 0 saturated heterocycles. The molecular weight excluding hydrogens is 371 g/mol. The van der Waals surface area contributed by atoms with Crippen molar-refractivity contribution >= 4 is 29.1 Å². The normalized spacial score (nSPS) is 12.1. The zero-order chi connectivity index (χ0) is 19.1. The summed E-state index contributed by atoms with van der Waals surface area (Å²) < 4.78 is 5.20. The van der Waals surface area contributed by atoms with E-state index in [4.69, 9.17) is 27.9 Å². The zero-order valence-corrected chi connectivity index (χ0v) is 16.8. The number of methoxy groups -OCH3 is 1. The first-order valence-corrected chi connectivity index (χ1v) is 9.17. The molecule has 2 rings (SSSR count). The number of benzene rings is 2. The monoisotopic (exact) mass is 394 g/mol. The van der Waals surface area contributed by atoms with E-state index < -0.39 is 0 Å². The topological polar surface area (TPSA) is 41.6 Å². The van der Waals surface area contributed by atoms with Crippen molar-refractivity contribution in [2.24, 2.45) is 0 Å². The summed E-state index contributed by atoms with van der Waals surface area (Å²) in [5.41, 5.74) is 2.04. The zero-order valence-electron chi connectivity index (χ0n) is 15.3. The number of aryl methyl sites for hydroxylation is 1. The fourth-order valence-corrected chi connectivity index (χ4v) is 3.20. The van der Waals surface area contributed by atoms with E-state index >= 15 is 0 Å². The highest BCUT2D eigenvalue weighted by atomic mass is 35.5. The molecule has 0 aliphatic carbocycles. The molecule has 0 fully saturated rings. The summed E-state index contributed by atoms with van der Waals surface area (Å²) in [5, 5.41) is 4.20. The SMILES string of the molecule is COc1ccc(C(CNC(=O)CCc2ccc(Cl)cc2Cl)N(C)C)cc1. The van der Waals surface area contributed by atoms with Gasteiger partial charge >= 0.3 is 0 Å². The lowest BCUT2D eigenvalue weighted by Gasteiger charge is -2.25. The highest BCUT2D eigenvalue weighted by Gasteiger charge is 2.15. The highest BCUT2D eigenvalue weighted by molar-refractivity contribution is 6.35. The lowest BCUT2D eigenvalue weighted by Crippen LogP contribution is -2.34. The van der Waals surface area contributed by atoms with Gasteiger partial charge < -0.3 is 15.0 Å². The molecule has 1 unspecified atom stereocenters. The number of carbonyl (C=O) groups excluding carboxylic acids is 1. The molecule has 2 aromatic rings. The Labute approximate surface area is 165 Å². The van der Waals surface area contributed by atoms with Crippen molar-refractivity contribution < 1.29 is 9.53 Å². The molecular formula is C20H24Cl2N2O2. The van der Waals surface area contributed by atoms with Crippen molar-refractivity contribution in [3.63, 3.8) is 0 Å². The Morgan fingerprint density at radius 1 is 1.15 bits per heavy atom. The number of halogens is 2. The first-order chi connectivity index (χ1) is 12.4. The van der Waals surface area contributed by atoms with Crippen LogP contribution in [0.25, 0.3) is 0 Å². The van der Waals surface area contributed by atoms with Crippen LogP contribution in [0.1, 0.15) is 23.6 Å². The van der Waals surface area contributed by atoms with Gasteiger partial charge in [0.1, 0.15) is 5.75 Å². The molecule has 0 saturated carbocycles. The van der Waals surface area contributed by atoms with Gasteiger partial charge in [-0.15, -0.1) is 0 Å². The van der Waals surface area contributed by atoms with Crippen LogP contribution in [0.2, 0.25) is 10.0 Å². The van der Waals surface area contributed by atoms with Crippen LogP contribution in [0.5, 0.6) is 5.75 Å². The van der Waals surface area contributed by atoms with Gasteiger partial charge in [-0.1, -0.05) is 41.4 Å². The van der Waals surface area contributed by atoms with Crippen molar-refractivity contribution in [2.75, 3.05) is 27.7 Å². The second-order valence-corrected chi connectivity index (χ2v) is 7.14. The number of ether oxygens (including phenoxy) is 1. The Hall–Kier alpha value is -1.75. The summed E-state index contributed by atoms with van der Waals surface area (Å²) in [6, 6.07) is 13.3. The molecule has 0 bridgehead atoms. The van der Waals surface area contributed by atoms with Gasteiger partial charge in [0, 0.05) is 23.0 Å². The van der Waals surface area contributed by atoms with Crippen molar-refractivity contribution in [3.05, 3.63) is 63.6 Å². The summed E-state index contributed by atoms with van der Waals surface area (Å²) in [6.45, 7) is 0.534. The molecule has 0 aliphatic heterocycles. The minimum Gasteiger partial charge on any atom is -0.497 e. The van der Waals surface area contributed by atoms with Gasteiger partial charge in [-0.2, -0.15) is 0 Å². The molecule has 0 radical (unpaired) electrons. The first kappa shape index (κ1) is 20.6. The van der Waals surface area contributed by atoms with Crippen LogP contribution in [0.3, 0.4) is 0 Å². The molecule has 0 aromatic heterocycles. The van der Waals surface area contributed by atoms with Crippen LogP contribution >= 0.6 is 23.2 Å². The molecule has 4 nitrogen and oxygen atoms in total. The molecule has 1 amide bonds. The summed E-state index contributed by atoms with van der Waals surface area (Å²) in [7, 11) is 5.63. The third kappa shape index (κ3) is 5.90. The third-order valence-corrected chi connectivity index (χ3v) is 4.84. The van der Waals surface area contributed by atoms with Gasteiger partial charge in [-0.3, -0.25) is 4.79 Å². The van der Waals surface area contributed by atoms with Crippen LogP contribution in [0, 0.1) is 0 Å². The van der Waals surface area contributed by atoms with E-state index in [2.05, 4.69) is 10.2 Å². The molecule has 26 heavy (non-hydrogen) atoms. The van der Waals surface area contributed by atoms with Gasteiger partial charge in [-0.05, 0) is 55.9 Å². The maximum absolute atomic E-state index is 12.2. The molecule has 140 valence electrons. The Balaban J connectivity index is 1.90. The summed E-state index contributed by atoms with van der Waals surface area (Å²) >= 11 is 12.0. The van der Waals surface area contributed by atoms with E-state index in [0.717, 1.165) is 16.9 Å². The number of carbonyl (C=O) groups is 1. The molecule has 0 heterocycles. The second-order valence-electron chi connectivity index (χ2n) is 6.29. The van der Waals surface area contributed by atoms with Gasteiger partial charge in [0.25, 0.3) is 0 Å². The van der Waals surface area contributed by atoms with Crippen LogP contribution in [-0.2, 0) is 11.2 Å². The highest BCUT2D eigenvalue weighted by Crippen LogP contribution is 2.23. The second kappa shape index (κ2) is 9.81. The predicted octanol–water partition coefficient (Wildman–Crippen LogP) is 4.35. The summed E-state index contributed by atoms with van der Waals surface area (Å²) in [4.78, 5) is 14.3. The summed E-state index contributed by atoms with van der Waals surface area (Å²) in [5.74, 6) is 0.812. The molecule has 0 spiro atoms. The Bertz CT molecular complexity index is 733. The maximum atomic E-state index is 12.2. The van der Waals surface area contributed by atoms with E-state index in [1.165, 1.54) is 0 Å². The molecule has 1 atom stereocenters. The Kier molecular flexibility index (Phi) is 7.76. The number of nitrogens with one attached hydrogen (secondary N) is 1. The predicted molar refractivity (Wildman–Crippen MR) is 107 cm³/mol. The quantitative estimate of drug-likeness (QED) is 0.723. The first-order valence-electron chi connectivity index (χ1n) is 8.41. The standard InChI is InChI=1S/C20H24Cl2N2O2/c1-24(2)19(15-5-9-17(26-3)10-6-15)13-23-20(25)11-7-14-4-8-16(21)12-18(14)22/h4-6,8-10,12,19H,7,11,13H2,1-3H3,(H,23,25). The van der Waals surface area contributed by atoms with Crippen LogP contribution in [0.15, 0.2) is 42.5 Å². The molecule has 6 heteroatoms. The molecule has 1 N–H and O–H groups in total. The lowest BCUT2D eigenvalue weighted by molar-refractivity contribution is -0.121. The van der Waals surface area contributed by atoms with Crippen molar-refractivity contribution in [2.45, 2.75) is 18.9 Å². The average Bonchev–Trinajstić information content (AvgIpc) is 2.61. The minimum absolute atomic E-state index is 0.00335. The number of amides is 1. The van der Waals surface area contributed by atoms with Crippen LogP contribution < -0.4 is 10.1 Å². The van der Waals surface area contributed by atoms with Crippen LogP contribution in [0.4, 0.5) is 0 Å². The summed E-state index contributed by atoms with van der Waals surface area (Å²) in [6.07, 6.45) is 0.959. The van der Waals surface area contributed by atoms with Gasteiger partial charge in [-0.25, -0.2) is 0 Å². The largest absolute Gasteiger partial charge is 0.497 e.